The molecule has 78 valence electrons. The van der Waals surface area contributed by atoms with Gasteiger partial charge in [0.2, 0.25) is 0 Å². The Kier molecular flexibility index (Phi) is 3.05. The largest absolute Gasteiger partial charge is 0.505 e. The molecule has 0 saturated carbocycles. The Hall–Kier alpha value is -1.60. The van der Waals surface area contributed by atoms with Gasteiger partial charge in [-0.05, 0) is 0 Å². The van der Waals surface area contributed by atoms with Gasteiger partial charge in [-0.15, -0.1) is 0 Å². The van der Waals surface area contributed by atoms with Crippen LogP contribution in [0, 0.1) is 0 Å². The van der Waals surface area contributed by atoms with Crippen molar-refractivity contribution in [3.8, 4) is 0 Å². The highest BCUT2D eigenvalue weighted by molar-refractivity contribution is 5.90. The van der Waals surface area contributed by atoms with Crippen molar-refractivity contribution in [3.63, 3.8) is 0 Å². The number of aliphatic hydroxyl groups is 3. The summed E-state index contributed by atoms with van der Waals surface area (Å²) in [5.74, 6) is -2.44. The minimum Gasteiger partial charge on any atom is -0.505 e. The lowest BCUT2D eigenvalue weighted by Gasteiger charge is -2.13. The Labute approximate surface area is 78.2 Å². The van der Waals surface area contributed by atoms with E-state index in [4.69, 9.17) is 10.2 Å². The van der Waals surface area contributed by atoms with Crippen molar-refractivity contribution in [2.24, 2.45) is 0 Å². The molecule has 14 heavy (non-hydrogen) atoms. The van der Waals surface area contributed by atoms with Crippen LogP contribution < -0.4 is 0 Å². The molecule has 0 aliphatic carbocycles. The van der Waals surface area contributed by atoms with Gasteiger partial charge in [-0.1, -0.05) is 0 Å². The molecule has 1 aliphatic rings. The van der Waals surface area contributed by atoms with Gasteiger partial charge in [-0.25, -0.2) is 4.79 Å². The van der Waals surface area contributed by atoms with Gasteiger partial charge >= 0.3 is 5.97 Å². The molecule has 0 saturated heterocycles. The SMILES string of the molecule is O=COC1=C(O)[C@@H]([C@@H](O)CO)OC1=O. The average Bonchev–Trinajstić information content (AvgIpc) is 2.45. The average molecular weight is 204 g/mol. The van der Waals surface area contributed by atoms with Gasteiger partial charge in [-0.3, -0.25) is 4.79 Å². The molecule has 2 atom stereocenters. The van der Waals surface area contributed by atoms with Gasteiger partial charge in [0.05, 0.1) is 6.61 Å². The van der Waals surface area contributed by atoms with E-state index < -0.39 is 36.3 Å². The van der Waals surface area contributed by atoms with Crippen molar-refractivity contribution < 1.29 is 34.4 Å². The number of aliphatic hydroxyl groups excluding tert-OH is 3. The zero-order valence-corrected chi connectivity index (χ0v) is 6.91. The molecule has 1 aliphatic heterocycles. The molecule has 0 fully saturated rings. The third kappa shape index (κ3) is 1.68. The van der Waals surface area contributed by atoms with Crippen molar-refractivity contribution in [3.05, 3.63) is 11.5 Å². The van der Waals surface area contributed by atoms with Gasteiger partial charge in [-0.2, -0.15) is 0 Å². The number of ether oxygens (including phenoxy) is 2. The van der Waals surface area contributed by atoms with Crippen LogP contribution in [0.4, 0.5) is 0 Å². The smallest absolute Gasteiger partial charge is 0.378 e. The fourth-order valence-electron chi connectivity index (χ4n) is 0.972. The summed E-state index contributed by atoms with van der Waals surface area (Å²) in [6, 6.07) is 0. The molecule has 0 aromatic carbocycles. The van der Waals surface area contributed by atoms with E-state index >= 15 is 0 Å². The summed E-state index contributed by atoms with van der Waals surface area (Å²) in [5.41, 5.74) is 0. The van der Waals surface area contributed by atoms with Crippen LogP contribution in [0.15, 0.2) is 11.5 Å². The maximum Gasteiger partial charge on any atom is 0.378 e. The fraction of sp³-hybridized carbons (Fsp3) is 0.429. The fourth-order valence-corrected chi connectivity index (χ4v) is 0.972. The molecule has 0 unspecified atom stereocenters. The van der Waals surface area contributed by atoms with Gasteiger partial charge in [0.25, 0.3) is 12.2 Å². The lowest BCUT2D eigenvalue weighted by Crippen LogP contribution is -2.31. The van der Waals surface area contributed by atoms with Crippen LogP contribution in [0.2, 0.25) is 0 Å². The van der Waals surface area contributed by atoms with Crippen LogP contribution in [0.3, 0.4) is 0 Å². The highest BCUT2D eigenvalue weighted by atomic mass is 16.6. The molecule has 1 heterocycles. The second kappa shape index (κ2) is 4.07. The molecule has 7 nitrogen and oxygen atoms in total. The van der Waals surface area contributed by atoms with E-state index in [1.807, 2.05) is 0 Å². The second-order valence-corrected chi connectivity index (χ2v) is 2.50. The number of hydrogen-bond acceptors (Lipinski definition) is 7. The monoisotopic (exact) mass is 204 g/mol. The van der Waals surface area contributed by atoms with E-state index in [0.717, 1.165) is 0 Å². The summed E-state index contributed by atoms with van der Waals surface area (Å²) in [4.78, 5) is 20.8. The molecule has 0 aromatic heterocycles. The predicted octanol–water partition coefficient (Wildman–Crippen LogP) is -1.79. The summed E-state index contributed by atoms with van der Waals surface area (Å²) < 4.78 is 8.57. The number of hydrogen-bond donors (Lipinski definition) is 3. The molecular formula is C7H8O7. The van der Waals surface area contributed by atoms with Crippen molar-refractivity contribution in [2.75, 3.05) is 6.61 Å². The third-order valence-electron chi connectivity index (χ3n) is 1.62. The van der Waals surface area contributed by atoms with Gasteiger partial charge in [0, 0.05) is 0 Å². The standard InChI is InChI=1S/C7H8O7/c8-1-3(10)5-4(11)6(13-2-9)7(12)14-5/h2-3,5,8,10-11H,1H2/t3-,5+/m0/s1. The molecule has 0 radical (unpaired) electrons. The Morgan fingerprint density at radius 1 is 1.64 bits per heavy atom. The number of carbonyl (C=O) groups excluding carboxylic acids is 2. The molecular weight excluding hydrogens is 196 g/mol. The van der Waals surface area contributed by atoms with Gasteiger partial charge in [0.15, 0.2) is 11.9 Å². The third-order valence-corrected chi connectivity index (χ3v) is 1.62. The van der Waals surface area contributed by atoms with Crippen molar-refractivity contribution in [1.29, 1.82) is 0 Å². The highest BCUT2D eigenvalue weighted by Gasteiger charge is 2.40. The lowest BCUT2D eigenvalue weighted by molar-refractivity contribution is -0.150. The topological polar surface area (TPSA) is 113 Å². The van der Waals surface area contributed by atoms with Crippen molar-refractivity contribution >= 4 is 12.4 Å². The zero-order chi connectivity index (χ0) is 10.7. The van der Waals surface area contributed by atoms with Gasteiger partial charge in [0.1, 0.15) is 6.10 Å². The summed E-state index contributed by atoms with van der Waals surface area (Å²) in [7, 11) is 0. The van der Waals surface area contributed by atoms with E-state index in [2.05, 4.69) is 9.47 Å². The number of rotatable bonds is 4. The van der Waals surface area contributed by atoms with Gasteiger partial charge < -0.3 is 24.8 Å². The Morgan fingerprint density at radius 3 is 2.79 bits per heavy atom. The first kappa shape index (κ1) is 10.5. The minimum atomic E-state index is -1.45. The maximum atomic E-state index is 10.9. The summed E-state index contributed by atoms with van der Waals surface area (Å²) in [6.07, 6.45) is -2.84. The molecule has 0 bridgehead atoms. The molecule has 0 spiro atoms. The van der Waals surface area contributed by atoms with Crippen LogP contribution >= 0.6 is 0 Å². The minimum absolute atomic E-state index is 0.0550. The number of cyclic esters (lactones) is 1. The Morgan fingerprint density at radius 2 is 2.29 bits per heavy atom. The lowest BCUT2D eigenvalue weighted by atomic mass is 10.2. The van der Waals surface area contributed by atoms with Crippen LogP contribution in [-0.4, -0.2) is 46.6 Å². The predicted molar refractivity (Wildman–Crippen MR) is 39.8 cm³/mol. The molecule has 0 amide bonds. The van der Waals surface area contributed by atoms with E-state index in [0.29, 0.717) is 0 Å². The Bertz CT molecular complexity index is 282. The normalized spacial score (nSPS) is 23.3. The summed E-state index contributed by atoms with van der Waals surface area (Å²) in [6.45, 7) is -0.753. The first-order valence-corrected chi connectivity index (χ1v) is 3.65. The Balaban J connectivity index is 2.86. The van der Waals surface area contributed by atoms with E-state index in [9.17, 15) is 14.7 Å². The highest BCUT2D eigenvalue weighted by Crippen LogP contribution is 2.23. The summed E-state index contributed by atoms with van der Waals surface area (Å²) >= 11 is 0. The maximum absolute atomic E-state index is 10.9. The van der Waals surface area contributed by atoms with E-state index in [1.165, 1.54) is 0 Å². The van der Waals surface area contributed by atoms with Crippen LogP contribution in [-0.2, 0) is 19.1 Å². The zero-order valence-electron chi connectivity index (χ0n) is 6.91. The van der Waals surface area contributed by atoms with E-state index in [1.54, 1.807) is 0 Å². The number of carbonyl (C=O) groups is 2. The van der Waals surface area contributed by atoms with Crippen LogP contribution in [0.5, 0.6) is 0 Å². The molecule has 0 aromatic rings. The summed E-state index contributed by atoms with van der Waals surface area (Å²) in [5, 5.41) is 26.8. The number of esters is 1. The molecule has 3 N–H and O–H groups in total. The molecule has 7 heteroatoms. The van der Waals surface area contributed by atoms with Crippen molar-refractivity contribution in [1.82, 2.24) is 0 Å². The second-order valence-electron chi connectivity index (χ2n) is 2.50. The quantitative estimate of drug-likeness (QED) is 0.366. The van der Waals surface area contributed by atoms with Crippen molar-refractivity contribution in [2.45, 2.75) is 12.2 Å². The first-order chi connectivity index (χ1) is 6.61. The van der Waals surface area contributed by atoms with E-state index in [-0.39, 0.29) is 6.47 Å². The van der Waals surface area contributed by atoms with Crippen LogP contribution in [0.1, 0.15) is 0 Å². The van der Waals surface area contributed by atoms with Crippen LogP contribution in [0.25, 0.3) is 0 Å². The first-order valence-electron chi connectivity index (χ1n) is 3.65. The molecule has 1 rings (SSSR count).